The number of aromatic nitrogens is 1. The van der Waals surface area contributed by atoms with Crippen molar-refractivity contribution in [2.24, 2.45) is 0 Å². The van der Waals surface area contributed by atoms with Gasteiger partial charge in [0, 0.05) is 35.5 Å². The topological polar surface area (TPSA) is 116 Å². The highest BCUT2D eigenvalue weighted by molar-refractivity contribution is 7.81. The SMILES string of the molecule is O=C(Nc1ccnc(N(c2ccc(F)c(F)c2)S(=O)[O-])c1)c1cccc2ccc(=O)oc12. The first-order chi connectivity index (χ1) is 15.3. The van der Waals surface area contributed by atoms with E-state index in [1.807, 2.05) is 0 Å². The largest absolute Gasteiger partial charge is 0.755 e. The lowest BCUT2D eigenvalue weighted by Gasteiger charge is -2.25. The number of benzene rings is 2. The molecule has 2 aromatic heterocycles. The van der Waals surface area contributed by atoms with Gasteiger partial charge in [0.15, 0.2) is 17.2 Å². The Morgan fingerprint density at radius 2 is 1.88 bits per heavy atom. The number of nitrogens with one attached hydrogen (secondary N) is 1. The molecular formula is C21H12F2N3O5S-. The molecule has 4 aromatic rings. The Kier molecular flexibility index (Phi) is 5.75. The lowest BCUT2D eigenvalue weighted by molar-refractivity contribution is 0.102. The van der Waals surface area contributed by atoms with Crippen molar-refractivity contribution in [2.75, 3.05) is 9.62 Å². The molecule has 1 unspecified atom stereocenters. The van der Waals surface area contributed by atoms with Crippen LogP contribution in [0.5, 0.6) is 0 Å². The number of rotatable bonds is 5. The van der Waals surface area contributed by atoms with Gasteiger partial charge < -0.3 is 14.3 Å². The summed E-state index contributed by atoms with van der Waals surface area (Å²) in [7, 11) is 0. The molecule has 0 fully saturated rings. The molecule has 1 atom stereocenters. The fourth-order valence-corrected chi connectivity index (χ4v) is 3.52. The van der Waals surface area contributed by atoms with Gasteiger partial charge in [0.05, 0.1) is 22.5 Å². The van der Waals surface area contributed by atoms with Crippen molar-refractivity contribution in [3.8, 4) is 0 Å². The summed E-state index contributed by atoms with van der Waals surface area (Å²) in [5, 5.41) is 3.11. The monoisotopic (exact) mass is 456 g/mol. The third kappa shape index (κ3) is 4.24. The fourth-order valence-electron chi connectivity index (χ4n) is 2.98. The van der Waals surface area contributed by atoms with Crippen LogP contribution in [0.1, 0.15) is 10.4 Å². The summed E-state index contributed by atoms with van der Waals surface area (Å²) < 4.78 is 56.1. The first-order valence-corrected chi connectivity index (χ1v) is 10.0. The van der Waals surface area contributed by atoms with Crippen molar-refractivity contribution in [2.45, 2.75) is 0 Å². The normalized spacial score (nSPS) is 11.8. The number of hydrogen-bond acceptors (Lipinski definition) is 6. The minimum atomic E-state index is -2.93. The van der Waals surface area contributed by atoms with Crippen LogP contribution < -0.4 is 15.2 Å². The third-order valence-corrected chi connectivity index (χ3v) is 5.09. The van der Waals surface area contributed by atoms with Gasteiger partial charge in [-0.15, -0.1) is 0 Å². The maximum atomic E-state index is 13.6. The van der Waals surface area contributed by atoms with Gasteiger partial charge in [-0.05, 0) is 30.3 Å². The second-order valence-electron chi connectivity index (χ2n) is 6.45. The summed E-state index contributed by atoms with van der Waals surface area (Å²) in [6.45, 7) is 0. The molecule has 8 nitrogen and oxygen atoms in total. The van der Waals surface area contributed by atoms with Crippen LogP contribution in [-0.4, -0.2) is 19.7 Å². The number of halogens is 2. The number of hydrogen-bond donors (Lipinski definition) is 1. The number of para-hydroxylation sites is 1. The Balaban J connectivity index is 1.68. The minimum Gasteiger partial charge on any atom is -0.755 e. The lowest BCUT2D eigenvalue weighted by atomic mass is 10.1. The molecule has 11 heteroatoms. The predicted molar refractivity (Wildman–Crippen MR) is 112 cm³/mol. The fraction of sp³-hybridized carbons (Fsp3) is 0. The van der Waals surface area contributed by atoms with Gasteiger partial charge in [-0.3, -0.25) is 13.3 Å². The van der Waals surface area contributed by atoms with Crippen LogP contribution in [-0.2, 0) is 11.3 Å². The van der Waals surface area contributed by atoms with Crippen molar-refractivity contribution in [3.05, 3.63) is 94.5 Å². The van der Waals surface area contributed by atoms with Crippen LogP contribution >= 0.6 is 0 Å². The molecule has 162 valence electrons. The van der Waals surface area contributed by atoms with Crippen LogP contribution in [0, 0.1) is 11.6 Å². The van der Waals surface area contributed by atoms with E-state index < -0.39 is 34.4 Å². The maximum Gasteiger partial charge on any atom is 0.336 e. The van der Waals surface area contributed by atoms with Crippen molar-refractivity contribution in [3.63, 3.8) is 0 Å². The van der Waals surface area contributed by atoms with Crippen LogP contribution in [0.15, 0.2) is 76.1 Å². The number of amides is 1. The first kappa shape index (κ1) is 21.3. The third-order valence-electron chi connectivity index (χ3n) is 4.39. The highest BCUT2D eigenvalue weighted by Gasteiger charge is 2.17. The van der Waals surface area contributed by atoms with Gasteiger partial charge in [0.1, 0.15) is 5.82 Å². The molecule has 1 amide bonds. The first-order valence-electron chi connectivity index (χ1n) is 8.98. The van der Waals surface area contributed by atoms with Gasteiger partial charge in [0.2, 0.25) is 0 Å². The molecule has 0 radical (unpaired) electrons. The molecule has 0 saturated carbocycles. The average molecular weight is 456 g/mol. The van der Waals surface area contributed by atoms with Gasteiger partial charge >= 0.3 is 5.63 Å². The molecule has 0 aliphatic heterocycles. The van der Waals surface area contributed by atoms with Crippen LogP contribution in [0.25, 0.3) is 11.0 Å². The molecule has 2 heterocycles. The smallest absolute Gasteiger partial charge is 0.336 e. The van der Waals surface area contributed by atoms with E-state index in [0.29, 0.717) is 15.8 Å². The van der Waals surface area contributed by atoms with Crippen molar-refractivity contribution < 1.29 is 26.8 Å². The molecule has 0 aliphatic rings. The van der Waals surface area contributed by atoms with E-state index in [-0.39, 0.29) is 28.3 Å². The minimum absolute atomic E-state index is 0.0865. The quantitative estimate of drug-likeness (QED) is 0.362. The van der Waals surface area contributed by atoms with Crippen molar-refractivity contribution >= 4 is 45.3 Å². The van der Waals surface area contributed by atoms with E-state index in [0.717, 1.165) is 12.1 Å². The highest BCUT2D eigenvalue weighted by atomic mass is 32.2. The summed E-state index contributed by atoms with van der Waals surface area (Å²) >= 11 is -2.93. The number of carbonyl (C=O) groups is 1. The molecule has 0 spiro atoms. The molecular weight excluding hydrogens is 444 g/mol. The Morgan fingerprint density at radius 1 is 1.06 bits per heavy atom. The molecule has 4 rings (SSSR count). The second kappa shape index (κ2) is 8.65. The average Bonchev–Trinajstić information content (AvgIpc) is 2.76. The summed E-state index contributed by atoms with van der Waals surface area (Å²) in [5.74, 6) is -3.17. The van der Waals surface area contributed by atoms with Gasteiger partial charge in [-0.1, -0.05) is 12.1 Å². The lowest BCUT2D eigenvalue weighted by Crippen LogP contribution is -2.21. The van der Waals surface area contributed by atoms with Crippen LogP contribution in [0.4, 0.5) is 26.0 Å². The summed E-state index contributed by atoms with van der Waals surface area (Å²) in [4.78, 5) is 28.3. The van der Waals surface area contributed by atoms with E-state index in [1.165, 1.54) is 36.5 Å². The number of carbonyl (C=O) groups excluding carboxylic acids is 1. The summed E-state index contributed by atoms with van der Waals surface area (Å²) in [6.07, 6.45) is 1.23. The second-order valence-corrected chi connectivity index (χ2v) is 7.24. The Hall–Kier alpha value is -3.96. The Bertz CT molecular complexity index is 1430. The van der Waals surface area contributed by atoms with Gasteiger partial charge in [-0.2, -0.15) is 0 Å². The van der Waals surface area contributed by atoms with Crippen LogP contribution in [0.2, 0.25) is 0 Å². The molecule has 0 aliphatic carbocycles. The highest BCUT2D eigenvalue weighted by Crippen LogP contribution is 2.28. The standard InChI is InChI=1S/C21H13F2N3O5S/c22-16-6-5-14(11-17(16)23)26(32(29)30)18-10-13(8-9-24-18)25-21(28)15-3-1-2-12-4-7-19(27)31-20(12)15/h1-11H,(H,29,30)(H,24,25,28)/p-1. The predicted octanol–water partition coefficient (Wildman–Crippen LogP) is 3.65. The van der Waals surface area contributed by atoms with Crippen LogP contribution in [0.3, 0.4) is 0 Å². The number of fused-ring (bicyclic) bond motifs is 1. The number of nitrogens with zero attached hydrogens (tertiary/aromatic N) is 2. The molecule has 32 heavy (non-hydrogen) atoms. The molecule has 2 aromatic carbocycles. The maximum absolute atomic E-state index is 13.6. The zero-order valence-corrected chi connectivity index (χ0v) is 16.8. The number of anilines is 3. The van der Waals surface area contributed by atoms with Crippen molar-refractivity contribution in [1.29, 1.82) is 0 Å². The molecule has 0 saturated heterocycles. The Morgan fingerprint density at radius 3 is 2.62 bits per heavy atom. The van der Waals surface area contributed by atoms with E-state index in [9.17, 15) is 27.1 Å². The zero-order chi connectivity index (χ0) is 22.8. The van der Waals surface area contributed by atoms with E-state index in [4.69, 9.17) is 4.42 Å². The van der Waals surface area contributed by atoms with E-state index >= 15 is 0 Å². The van der Waals surface area contributed by atoms with Crippen molar-refractivity contribution in [1.82, 2.24) is 4.98 Å². The van der Waals surface area contributed by atoms with Gasteiger partial charge in [-0.25, -0.2) is 18.6 Å². The Labute approximate surface area is 181 Å². The zero-order valence-electron chi connectivity index (χ0n) is 16.0. The summed E-state index contributed by atoms with van der Waals surface area (Å²) in [5.41, 5.74) is -0.472. The molecule has 0 bridgehead atoms. The van der Waals surface area contributed by atoms with Gasteiger partial charge in [0.25, 0.3) is 5.91 Å². The van der Waals surface area contributed by atoms with E-state index in [2.05, 4.69) is 10.3 Å². The summed E-state index contributed by atoms with van der Waals surface area (Å²) in [6, 6.07) is 12.7. The molecule has 1 N–H and O–H groups in total. The number of pyridine rings is 1. The van der Waals surface area contributed by atoms with E-state index in [1.54, 1.807) is 12.1 Å².